The zero-order valence-corrected chi connectivity index (χ0v) is 17.5. The van der Waals surface area contributed by atoms with Crippen LogP contribution in [0.2, 0.25) is 0 Å². The molecule has 0 radical (unpaired) electrons. The number of carbonyl (C=O) groups is 2. The number of amides is 2. The molecule has 4 rings (SSSR count). The number of carbonyl (C=O) groups excluding carboxylic acids is 2. The molecular weight excluding hydrogens is 424 g/mol. The van der Waals surface area contributed by atoms with E-state index in [2.05, 4.69) is 10.3 Å². The molecule has 1 aliphatic heterocycles. The maximum absolute atomic E-state index is 14.1. The maximum atomic E-state index is 14.1. The van der Waals surface area contributed by atoms with Crippen LogP contribution in [0.3, 0.4) is 0 Å². The Bertz CT molecular complexity index is 1040. The van der Waals surface area contributed by atoms with Crippen molar-refractivity contribution in [2.24, 2.45) is 0 Å². The zero-order valence-electron chi connectivity index (χ0n) is 16.6. The average Bonchev–Trinajstić information content (AvgIpc) is 3.51. The predicted octanol–water partition coefficient (Wildman–Crippen LogP) is 4.44. The van der Waals surface area contributed by atoms with E-state index < -0.39 is 11.8 Å². The molecule has 1 aliphatic rings. The van der Waals surface area contributed by atoms with E-state index in [0.29, 0.717) is 17.0 Å². The van der Waals surface area contributed by atoms with Crippen LogP contribution in [0.25, 0.3) is 11.5 Å². The van der Waals surface area contributed by atoms with Gasteiger partial charge in [0, 0.05) is 36.1 Å². The number of thiophene rings is 1. The number of halogens is 2. The van der Waals surface area contributed by atoms with E-state index in [-0.39, 0.29) is 23.7 Å². The van der Waals surface area contributed by atoms with E-state index in [1.54, 1.807) is 29.2 Å². The molecule has 0 bridgehead atoms. The average molecular weight is 445 g/mol. The molecule has 1 aromatic carbocycles. The van der Waals surface area contributed by atoms with Gasteiger partial charge in [0.25, 0.3) is 11.8 Å². The van der Waals surface area contributed by atoms with Gasteiger partial charge >= 0.3 is 5.92 Å². The standard InChI is InChI=1S/C22H21F2N3O3S/c23-22(24,17-8-11-31-14-17)21(29)25-12-15-4-6-16(7-5-15)19-26-18(13-30-19)20(28)27-9-2-1-3-10-27/h4-8,11,13-14H,1-3,9-10,12H2,(H,25,29). The van der Waals surface area contributed by atoms with Gasteiger partial charge in [0.15, 0.2) is 5.69 Å². The number of oxazole rings is 1. The quantitative estimate of drug-likeness (QED) is 0.609. The van der Waals surface area contributed by atoms with Crippen LogP contribution < -0.4 is 5.32 Å². The summed E-state index contributed by atoms with van der Waals surface area (Å²) in [5, 5.41) is 5.03. The number of piperidine rings is 1. The minimum atomic E-state index is -3.57. The molecule has 0 saturated carbocycles. The molecule has 3 heterocycles. The fraction of sp³-hybridized carbons (Fsp3) is 0.318. The Balaban J connectivity index is 1.37. The summed E-state index contributed by atoms with van der Waals surface area (Å²) in [5.74, 6) is -4.75. The number of rotatable bonds is 6. The molecule has 0 spiro atoms. The molecule has 6 nitrogen and oxygen atoms in total. The van der Waals surface area contributed by atoms with Crippen molar-refractivity contribution in [3.63, 3.8) is 0 Å². The molecule has 1 saturated heterocycles. The second-order valence-corrected chi connectivity index (χ2v) is 8.14. The van der Waals surface area contributed by atoms with E-state index in [1.807, 2.05) is 0 Å². The van der Waals surface area contributed by atoms with E-state index in [0.717, 1.165) is 43.7 Å². The number of hydrogen-bond acceptors (Lipinski definition) is 5. The maximum Gasteiger partial charge on any atom is 0.350 e. The Hall–Kier alpha value is -3.07. The Morgan fingerprint density at radius 2 is 1.87 bits per heavy atom. The molecule has 3 aromatic rings. The van der Waals surface area contributed by atoms with E-state index in [9.17, 15) is 18.4 Å². The third-order valence-corrected chi connectivity index (χ3v) is 5.87. The summed E-state index contributed by atoms with van der Waals surface area (Å²) in [5.41, 5.74) is 1.25. The van der Waals surface area contributed by atoms with Crippen LogP contribution in [0.15, 0.2) is 51.8 Å². The van der Waals surface area contributed by atoms with Gasteiger partial charge in [0.1, 0.15) is 6.26 Å². The summed E-state index contributed by atoms with van der Waals surface area (Å²) < 4.78 is 33.7. The molecular formula is C22H21F2N3O3S. The Labute approximate surface area is 181 Å². The lowest BCUT2D eigenvalue weighted by Crippen LogP contribution is -2.37. The van der Waals surface area contributed by atoms with Gasteiger partial charge in [-0.3, -0.25) is 9.59 Å². The third kappa shape index (κ3) is 4.66. The Morgan fingerprint density at radius 3 is 2.55 bits per heavy atom. The second kappa shape index (κ2) is 8.97. The van der Waals surface area contributed by atoms with Crippen molar-refractivity contribution in [1.82, 2.24) is 15.2 Å². The van der Waals surface area contributed by atoms with Crippen LogP contribution in [0, 0.1) is 0 Å². The summed E-state index contributed by atoms with van der Waals surface area (Å²) in [7, 11) is 0. The van der Waals surface area contributed by atoms with Gasteiger partial charge in [-0.05, 0) is 48.4 Å². The first kappa shape index (κ1) is 21.2. The van der Waals surface area contributed by atoms with Crippen LogP contribution in [-0.2, 0) is 17.3 Å². The lowest BCUT2D eigenvalue weighted by molar-refractivity contribution is -0.147. The largest absolute Gasteiger partial charge is 0.444 e. The predicted molar refractivity (Wildman–Crippen MR) is 112 cm³/mol. The normalized spacial score (nSPS) is 14.5. The number of hydrogen-bond donors (Lipinski definition) is 1. The molecule has 1 fully saturated rings. The van der Waals surface area contributed by atoms with Crippen molar-refractivity contribution in [3.05, 3.63) is 64.2 Å². The van der Waals surface area contributed by atoms with Crippen molar-refractivity contribution >= 4 is 23.2 Å². The Kier molecular flexibility index (Phi) is 6.13. The van der Waals surface area contributed by atoms with E-state index in [1.165, 1.54) is 23.1 Å². The monoisotopic (exact) mass is 445 g/mol. The first-order valence-electron chi connectivity index (χ1n) is 9.98. The first-order chi connectivity index (χ1) is 14.9. The highest BCUT2D eigenvalue weighted by molar-refractivity contribution is 7.08. The molecule has 31 heavy (non-hydrogen) atoms. The van der Waals surface area contributed by atoms with Crippen molar-refractivity contribution in [1.29, 1.82) is 0 Å². The summed E-state index contributed by atoms with van der Waals surface area (Å²) in [6, 6.07) is 8.03. The van der Waals surface area contributed by atoms with Gasteiger partial charge in [-0.1, -0.05) is 12.1 Å². The summed E-state index contributed by atoms with van der Waals surface area (Å²) >= 11 is 1.11. The number of nitrogens with zero attached hydrogens (tertiary/aromatic N) is 2. The molecule has 2 amide bonds. The second-order valence-electron chi connectivity index (χ2n) is 7.36. The van der Waals surface area contributed by atoms with E-state index >= 15 is 0 Å². The molecule has 9 heteroatoms. The van der Waals surface area contributed by atoms with Crippen LogP contribution in [0.1, 0.15) is 40.9 Å². The van der Waals surface area contributed by atoms with Crippen molar-refractivity contribution in [2.45, 2.75) is 31.7 Å². The van der Waals surface area contributed by atoms with Crippen LogP contribution in [0.4, 0.5) is 8.78 Å². The fourth-order valence-electron chi connectivity index (χ4n) is 3.40. The van der Waals surface area contributed by atoms with Gasteiger partial charge < -0.3 is 14.6 Å². The van der Waals surface area contributed by atoms with Gasteiger partial charge in [0.2, 0.25) is 5.89 Å². The van der Waals surface area contributed by atoms with Gasteiger partial charge in [0.05, 0.1) is 0 Å². The van der Waals surface area contributed by atoms with Gasteiger partial charge in [-0.15, -0.1) is 0 Å². The Morgan fingerprint density at radius 1 is 1.13 bits per heavy atom. The topological polar surface area (TPSA) is 75.4 Å². The van der Waals surface area contributed by atoms with Crippen LogP contribution in [-0.4, -0.2) is 34.8 Å². The van der Waals surface area contributed by atoms with Gasteiger partial charge in [-0.25, -0.2) is 4.98 Å². The highest BCUT2D eigenvalue weighted by Gasteiger charge is 2.40. The molecule has 0 aliphatic carbocycles. The molecule has 0 atom stereocenters. The van der Waals surface area contributed by atoms with Crippen molar-refractivity contribution in [3.8, 4) is 11.5 Å². The molecule has 162 valence electrons. The smallest absolute Gasteiger partial charge is 0.350 e. The van der Waals surface area contributed by atoms with Gasteiger partial charge in [-0.2, -0.15) is 20.1 Å². The number of aromatic nitrogens is 1. The summed E-state index contributed by atoms with van der Waals surface area (Å²) in [6.07, 6.45) is 4.47. The van der Waals surface area contributed by atoms with Crippen molar-refractivity contribution < 1.29 is 22.8 Å². The van der Waals surface area contributed by atoms with Crippen LogP contribution >= 0.6 is 11.3 Å². The number of alkyl halides is 2. The zero-order chi connectivity index (χ0) is 21.8. The lowest BCUT2D eigenvalue weighted by Gasteiger charge is -2.25. The number of likely N-dealkylation sites (tertiary alicyclic amines) is 1. The molecule has 0 unspecified atom stereocenters. The highest BCUT2D eigenvalue weighted by atomic mass is 32.1. The summed E-state index contributed by atoms with van der Waals surface area (Å²) in [4.78, 5) is 30.5. The van der Waals surface area contributed by atoms with Crippen molar-refractivity contribution in [2.75, 3.05) is 13.1 Å². The number of nitrogens with one attached hydrogen (secondary N) is 1. The highest BCUT2D eigenvalue weighted by Crippen LogP contribution is 2.30. The molecule has 2 aromatic heterocycles. The van der Waals surface area contributed by atoms with E-state index in [4.69, 9.17) is 4.42 Å². The SMILES string of the molecule is O=C(c1coc(-c2ccc(CNC(=O)C(F)(F)c3ccsc3)cc2)n1)N1CCCCC1. The lowest BCUT2D eigenvalue weighted by atomic mass is 10.1. The first-order valence-corrected chi connectivity index (χ1v) is 10.9. The minimum absolute atomic E-state index is 0.0386. The van der Waals surface area contributed by atoms with Crippen LogP contribution in [0.5, 0.6) is 0 Å². The summed E-state index contributed by atoms with van der Waals surface area (Å²) in [6.45, 7) is 1.42. The minimum Gasteiger partial charge on any atom is -0.444 e. The molecule has 1 N–H and O–H groups in total. The number of benzene rings is 1. The third-order valence-electron chi connectivity index (χ3n) is 5.19. The fourth-order valence-corrected chi connectivity index (χ4v) is 4.07.